The molecule has 0 saturated carbocycles. The predicted molar refractivity (Wildman–Crippen MR) is 42.6 cm³/mol. The van der Waals surface area contributed by atoms with E-state index in [1.807, 2.05) is 0 Å². The second kappa shape index (κ2) is 3.13. The number of aryl methyl sites for hydroxylation is 1. The van der Waals surface area contributed by atoms with Crippen LogP contribution < -0.4 is 0 Å². The van der Waals surface area contributed by atoms with Crippen LogP contribution in [0.1, 0.15) is 11.1 Å². The van der Waals surface area contributed by atoms with Gasteiger partial charge < -0.3 is 0 Å². The Morgan fingerprint density at radius 1 is 1.50 bits per heavy atom. The van der Waals surface area contributed by atoms with Crippen LogP contribution in [0, 0.1) is 17.0 Å². The van der Waals surface area contributed by atoms with E-state index in [2.05, 4.69) is 0 Å². The van der Waals surface area contributed by atoms with Gasteiger partial charge in [-0.3, -0.25) is 14.9 Å². The van der Waals surface area contributed by atoms with E-state index in [1.165, 1.54) is 18.2 Å². The van der Waals surface area contributed by atoms with Crippen molar-refractivity contribution in [1.82, 2.24) is 0 Å². The van der Waals surface area contributed by atoms with E-state index in [-0.39, 0.29) is 5.69 Å². The fourth-order valence-corrected chi connectivity index (χ4v) is 0.876. The van der Waals surface area contributed by atoms with Gasteiger partial charge in [0.25, 0.3) is 5.69 Å². The highest BCUT2D eigenvalue weighted by Crippen LogP contribution is 2.15. The molecule has 1 radical (unpaired) electrons. The van der Waals surface area contributed by atoms with Crippen molar-refractivity contribution in [2.24, 2.45) is 0 Å². The maximum Gasteiger partial charge on any atom is 0.269 e. The third kappa shape index (κ3) is 1.47. The molecule has 0 aliphatic carbocycles. The summed E-state index contributed by atoms with van der Waals surface area (Å²) in [6, 6.07) is 4.02. The first-order chi connectivity index (χ1) is 5.65. The molecule has 0 heterocycles. The number of nitrogens with zero attached hydrogens (tertiary/aromatic N) is 1. The van der Waals surface area contributed by atoms with Crippen molar-refractivity contribution < 1.29 is 9.72 Å². The first-order valence-corrected chi connectivity index (χ1v) is 3.28. The minimum absolute atomic E-state index is 0.00787. The molecule has 0 aliphatic rings. The summed E-state index contributed by atoms with van der Waals surface area (Å²) >= 11 is 0. The summed E-state index contributed by atoms with van der Waals surface area (Å²) in [7, 11) is 0. The molecule has 0 saturated heterocycles. The molecule has 1 rings (SSSR count). The number of nitro groups is 1. The lowest BCUT2D eigenvalue weighted by Crippen LogP contribution is -1.91. The van der Waals surface area contributed by atoms with Crippen LogP contribution in [0.5, 0.6) is 0 Å². The van der Waals surface area contributed by atoms with Gasteiger partial charge in [-0.15, -0.1) is 0 Å². The number of carbonyl (C=O) groups excluding carboxylic acids is 1. The number of rotatable bonds is 2. The maximum atomic E-state index is 10.3. The topological polar surface area (TPSA) is 60.2 Å². The number of non-ortho nitro benzene ring substituents is 1. The van der Waals surface area contributed by atoms with E-state index >= 15 is 0 Å². The van der Waals surface area contributed by atoms with Crippen LogP contribution in [-0.4, -0.2) is 11.2 Å². The second-order valence-electron chi connectivity index (χ2n) is 2.36. The van der Waals surface area contributed by atoms with Crippen molar-refractivity contribution in [3.8, 4) is 0 Å². The van der Waals surface area contributed by atoms with Crippen molar-refractivity contribution in [3.05, 3.63) is 39.4 Å². The number of benzene rings is 1. The average Bonchev–Trinajstić information content (AvgIpc) is 2.04. The molecular formula is C8H6NO3. The molecule has 0 aromatic heterocycles. The molecule has 4 nitrogen and oxygen atoms in total. The smallest absolute Gasteiger partial charge is 0.269 e. The zero-order chi connectivity index (χ0) is 9.14. The first kappa shape index (κ1) is 8.39. The molecule has 0 aliphatic heterocycles. The Hall–Kier alpha value is -1.71. The Balaban J connectivity index is 3.18. The highest BCUT2D eigenvalue weighted by molar-refractivity contribution is 5.78. The van der Waals surface area contributed by atoms with Crippen LogP contribution in [0.25, 0.3) is 0 Å². The monoisotopic (exact) mass is 164 g/mol. The molecule has 0 unspecified atom stereocenters. The van der Waals surface area contributed by atoms with E-state index in [0.717, 1.165) is 0 Å². The molecule has 12 heavy (non-hydrogen) atoms. The van der Waals surface area contributed by atoms with E-state index in [9.17, 15) is 14.9 Å². The van der Waals surface area contributed by atoms with Gasteiger partial charge in [-0.25, -0.2) is 0 Å². The summed E-state index contributed by atoms with van der Waals surface area (Å²) in [5, 5.41) is 10.3. The molecule has 0 atom stereocenters. The Labute approximate surface area is 69.0 Å². The summed E-state index contributed by atoms with van der Waals surface area (Å²) in [6.07, 6.45) is 1.69. The zero-order valence-electron chi connectivity index (χ0n) is 6.40. The average molecular weight is 164 g/mol. The zero-order valence-corrected chi connectivity index (χ0v) is 6.40. The van der Waals surface area contributed by atoms with Gasteiger partial charge in [0.2, 0.25) is 6.29 Å². The van der Waals surface area contributed by atoms with E-state index in [1.54, 1.807) is 13.2 Å². The van der Waals surface area contributed by atoms with Gasteiger partial charge in [0.15, 0.2) is 0 Å². The largest absolute Gasteiger partial charge is 0.285 e. The maximum absolute atomic E-state index is 10.3. The lowest BCUT2D eigenvalue weighted by atomic mass is 10.1. The Kier molecular flexibility index (Phi) is 2.19. The van der Waals surface area contributed by atoms with Crippen LogP contribution >= 0.6 is 0 Å². The molecule has 61 valence electrons. The highest BCUT2D eigenvalue weighted by atomic mass is 16.6. The van der Waals surface area contributed by atoms with Gasteiger partial charge in [0.1, 0.15) is 0 Å². The Bertz CT molecular complexity index is 333. The first-order valence-electron chi connectivity index (χ1n) is 3.28. The van der Waals surface area contributed by atoms with Crippen molar-refractivity contribution in [3.63, 3.8) is 0 Å². The van der Waals surface area contributed by atoms with Crippen molar-refractivity contribution >= 4 is 12.0 Å². The van der Waals surface area contributed by atoms with Crippen molar-refractivity contribution in [2.45, 2.75) is 6.92 Å². The number of hydrogen-bond donors (Lipinski definition) is 0. The van der Waals surface area contributed by atoms with Crippen molar-refractivity contribution in [2.75, 3.05) is 0 Å². The third-order valence-electron chi connectivity index (χ3n) is 1.53. The van der Waals surface area contributed by atoms with Gasteiger partial charge >= 0.3 is 0 Å². The summed E-state index contributed by atoms with van der Waals surface area (Å²) < 4.78 is 0. The quantitative estimate of drug-likeness (QED) is 0.489. The van der Waals surface area contributed by atoms with Crippen LogP contribution in [0.3, 0.4) is 0 Å². The summed E-state index contributed by atoms with van der Waals surface area (Å²) in [5.41, 5.74) is 0.923. The molecule has 0 fully saturated rings. The fraction of sp³-hybridized carbons (Fsp3) is 0.125. The standard InChI is InChI=1S/C8H6NO3/c1-6-4-8(9(11)12)3-2-7(6)5-10/h2-4H,1H3. The summed E-state index contributed by atoms with van der Waals surface area (Å²) in [6.45, 7) is 1.63. The lowest BCUT2D eigenvalue weighted by Gasteiger charge is -1.95. The second-order valence-corrected chi connectivity index (χ2v) is 2.36. The summed E-state index contributed by atoms with van der Waals surface area (Å²) in [4.78, 5) is 20.0. The lowest BCUT2D eigenvalue weighted by molar-refractivity contribution is -0.384. The highest BCUT2D eigenvalue weighted by Gasteiger charge is 2.06. The number of hydrogen-bond acceptors (Lipinski definition) is 3. The molecule has 4 heteroatoms. The van der Waals surface area contributed by atoms with Crippen LogP contribution in [0.4, 0.5) is 5.69 Å². The van der Waals surface area contributed by atoms with Gasteiger partial charge in [-0.2, -0.15) is 0 Å². The van der Waals surface area contributed by atoms with Crippen LogP contribution in [-0.2, 0) is 4.79 Å². The molecule has 0 N–H and O–H groups in total. The van der Waals surface area contributed by atoms with E-state index in [0.29, 0.717) is 11.1 Å². The minimum Gasteiger partial charge on any atom is -0.285 e. The molecular weight excluding hydrogens is 158 g/mol. The molecule has 0 spiro atoms. The number of nitro benzene ring substituents is 1. The van der Waals surface area contributed by atoms with Crippen LogP contribution in [0.2, 0.25) is 0 Å². The minimum atomic E-state index is -0.498. The van der Waals surface area contributed by atoms with Gasteiger partial charge in [-0.1, -0.05) is 0 Å². The predicted octanol–water partition coefficient (Wildman–Crippen LogP) is 1.36. The van der Waals surface area contributed by atoms with E-state index in [4.69, 9.17) is 0 Å². The van der Waals surface area contributed by atoms with Gasteiger partial charge in [0.05, 0.1) is 4.92 Å². The Morgan fingerprint density at radius 2 is 2.17 bits per heavy atom. The molecule has 1 aromatic carbocycles. The fourth-order valence-electron chi connectivity index (χ4n) is 0.876. The van der Waals surface area contributed by atoms with Gasteiger partial charge in [-0.05, 0) is 18.6 Å². The third-order valence-corrected chi connectivity index (χ3v) is 1.53. The summed E-state index contributed by atoms with van der Waals surface area (Å²) in [5.74, 6) is 0. The molecule has 1 aromatic rings. The van der Waals surface area contributed by atoms with Crippen LogP contribution in [0.15, 0.2) is 18.2 Å². The van der Waals surface area contributed by atoms with Crippen molar-refractivity contribution in [1.29, 1.82) is 0 Å². The molecule has 0 bridgehead atoms. The van der Waals surface area contributed by atoms with E-state index < -0.39 is 4.92 Å². The van der Waals surface area contributed by atoms with Gasteiger partial charge in [0, 0.05) is 17.7 Å². The molecule has 0 amide bonds. The normalized spacial score (nSPS) is 9.42. The SMILES string of the molecule is Cc1cc([N+](=O)[O-])ccc1[C]=O. The Morgan fingerprint density at radius 3 is 2.58 bits per heavy atom.